The fourth-order valence-corrected chi connectivity index (χ4v) is 4.91. The Bertz CT molecular complexity index is 1180. The molecule has 3 aromatic rings. The minimum Gasteiger partial charge on any atom is -0.497 e. The van der Waals surface area contributed by atoms with Crippen LogP contribution in [-0.4, -0.2) is 23.3 Å². The third-order valence-electron chi connectivity index (χ3n) is 5.62. The Balaban J connectivity index is 1.68. The molecule has 4 nitrogen and oxygen atoms in total. The fourth-order valence-electron chi connectivity index (χ4n) is 3.62. The quantitative estimate of drug-likeness (QED) is 0.541. The molecule has 0 spiro atoms. The van der Waals surface area contributed by atoms with Gasteiger partial charge in [0.1, 0.15) is 15.9 Å². The highest BCUT2D eigenvalue weighted by Crippen LogP contribution is 2.48. The van der Waals surface area contributed by atoms with Crippen LogP contribution in [0.1, 0.15) is 29.2 Å². The van der Waals surface area contributed by atoms with Gasteiger partial charge in [-0.15, -0.1) is 11.8 Å². The maximum absolute atomic E-state index is 13.5. The van der Waals surface area contributed by atoms with Gasteiger partial charge in [-0.3, -0.25) is 10.2 Å². The molecule has 4 rings (SSSR count). The van der Waals surface area contributed by atoms with Gasteiger partial charge in [0.25, 0.3) is 5.91 Å². The molecule has 1 aliphatic heterocycles. The maximum atomic E-state index is 13.5. The molecule has 1 fully saturated rings. The summed E-state index contributed by atoms with van der Waals surface area (Å²) in [6, 6.07) is 23.8. The number of ether oxygens (including phenoxy) is 1. The number of methoxy groups -OCH3 is 1. The van der Waals surface area contributed by atoms with E-state index in [1.807, 2.05) is 55.5 Å². The van der Waals surface area contributed by atoms with Crippen molar-refractivity contribution in [3.8, 4) is 17.6 Å². The molecule has 0 aliphatic carbocycles. The van der Waals surface area contributed by atoms with Crippen LogP contribution in [0.15, 0.2) is 72.8 Å². The lowest BCUT2D eigenvalue weighted by atomic mass is 10.1. The number of thioether (sulfide) groups is 1. The predicted octanol–water partition coefficient (Wildman–Crippen LogP) is 5.51. The molecule has 162 valence electrons. The first-order valence-electron chi connectivity index (χ1n) is 10.5. The van der Waals surface area contributed by atoms with Gasteiger partial charge in [-0.05, 0) is 62.2 Å². The number of rotatable bonds is 4. The van der Waals surface area contributed by atoms with Crippen molar-refractivity contribution in [3.05, 3.63) is 95.1 Å². The molecule has 1 aliphatic rings. The van der Waals surface area contributed by atoms with Gasteiger partial charge in [-0.25, -0.2) is 5.01 Å². The second-order valence-electron chi connectivity index (χ2n) is 7.95. The van der Waals surface area contributed by atoms with Gasteiger partial charge in [0, 0.05) is 5.56 Å². The fraction of sp³-hybridized carbons (Fsp3) is 0.222. The van der Waals surface area contributed by atoms with E-state index >= 15 is 0 Å². The Morgan fingerprint density at radius 3 is 2.34 bits per heavy atom. The van der Waals surface area contributed by atoms with Crippen LogP contribution < -0.4 is 10.2 Å². The van der Waals surface area contributed by atoms with E-state index in [9.17, 15) is 4.79 Å². The number of hydrogen-bond acceptors (Lipinski definition) is 4. The number of amides is 1. The second-order valence-corrected chi connectivity index (χ2v) is 9.45. The van der Waals surface area contributed by atoms with Gasteiger partial charge >= 0.3 is 0 Å². The van der Waals surface area contributed by atoms with Crippen LogP contribution in [0.5, 0.6) is 5.75 Å². The number of anilines is 1. The maximum Gasteiger partial charge on any atom is 0.267 e. The number of para-hydroxylation sites is 1. The molecule has 32 heavy (non-hydrogen) atoms. The van der Waals surface area contributed by atoms with E-state index in [1.54, 1.807) is 23.9 Å². The van der Waals surface area contributed by atoms with Crippen molar-refractivity contribution in [1.82, 2.24) is 5.01 Å². The second kappa shape index (κ2) is 9.02. The molecule has 3 aromatic carbocycles. The molecule has 1 saturated heterocycles. The molecule has 5 heteroatoms. The van der Waals surface area contributed by atoms with E-state index in [1.165, 1.54) is 5.56 Å². The topological polar surface area (TPSA) is 41.6 Å². The summed E-state index contributed by atoms with van der Waals surface area (Å²) in [5.74, 6) is 7.08. The molecule has 0 aromatic heterocycles. The van der Waals surface area contributed by atoms with Crippen molar-refractivity contribution in [2.75, 3.05) is 12.5 Å². The van der Waals surface area contributed by atoms with Crippen LogP contribution >= 0.6 is 11.8 Å². The first kappa shape index (κ1) is 21.9. The summed E-state index contributed by atoms with van der Waals surface area (Å²) in [5, 5.41) is 1.25. The van der Waals surface area contributed by atoms with Crippen LogP contribution in [0, 0.1) is 25.7 Å². The summed E-state index contributed by atoms with van der Waals surface area (Å²) < 4.78 is 5.21. The third-order valence-corrected chi connectivity index (χ3v) is 7.05. The first-order valence-corrected chi connectivity index (χ1v) is 11.4. The number of hydrogen-bond donors (Lipinski definition) is 1. The van der Waals surface area contributed by atoms with Crippen molar-refractivity contribution < 1.29 is 9.53 Å². The average molecular weight is 443 g/mol. The summed E-state index contributed by atoms with van der Waals surface area (Å²) in [6.45, 7) is 6.16. The SMILES string of the molecule is COc1ccc(C#CC2SC(C)(c3ccc(C)cc3)N(Nc3ccccc3C)C2=O)cc1. The van der Waals surface area contributed by atoms with Crippen LogP contribution in [0.25, 0.3) is 0 Å². The van der Waals surface area contributed by atoms with Crippen LogP contribution in [0.4, 0.5) is 5.69 Å². The van der Waals surface area contributed by atoms with E-state index in [0.717, 1.165) is 28.1 Å². The van der Waals surface area contributed by atoms with Gasteiger partial charge in [-0.2, -0.15) is 0 Å². The van der Waals surface area contributed by atoms with Gasteiger partial charge in [0.15, 0.2) is 0 Å². The van der Waals surface area contributed by atoms with Crippen molar-refractivity contribution >= 4 is 23.4 Å². The van der Waals surface area contributed by atoms with Crippen molar-refractivity contribution in [3.63, 3.8) is 0 Å². The number of aryl methyl sites for hydroxylation is 2. The molecule has 1 heterocycles. The van der Waals surface area contributed by atoms with E-state index in [-0.39, 0.29) is 5.91 Å². The molecule has 0 radical (unpaired) electrons. The third kappa shape index (κ3) is 4.32. The average Bonchev–Trinajstić information content (AvgIpc) is 3.05. The Morgan fingerprint density at radius 2 is 1.69 bits per heavy atom. The number of carbonyl (C=O) groups excluding carboxylic acids is 1. The summed E-state index contributed by atoms with van der Waals surface area (Å²) in [5.41, 5.74) is 8.45. The number of hydrazine groups is 1. The highest BCUT2D eigenvalue weighted by molar-refractivity contribution is 8.02. The van der Waals surface area contributed by atoms with E-state index < -0.39 is 10.1 Å². The zero-order chi connectivity index (χ0) is 22.7. The lowest BCUT2D eigenvalue weighted by Crippen LogP contribution is -2.44. The Hall–Kier alpha value is -3.36. The molecular weight excluding hydrogens is 416 g/mol. The monoisotopic (exact) mass is 442 g/mol. The zero-order valence-corrected chi connectivity index (χ0v) is 19.5. The molecule has 0 bridgehead atoms. The van der Waals surface area contributed by atoms with E-state index in [2.05, 4.69) is 55.4 Å². The lowest BCUT2D eigenvalue weighted by Gasteiger charge is -2.35. The predicted molar refractivity (Wildman–Crippen MR) is 131 cm³/mol. The largest absolute Gasteiger partial charge is 0.497 e. The number of carbonyl (C=O) groups is 1. The van der Waals surface area contributed by atoms with E-state index in [4.69, 9.17) is 4.74 Å². The standard InChI is InChI=1S/C27H26N2O2S/c1-19-9-14-22(15-10-19)27(3)29(28-24-8-6-5-7-20(24)2)26(30)25(32-27)18-13-21-11-16-23(31-4)17-12-21/h5-12,14-17,25,28H,1-4H3. The lowest BCUT2D eigenvalue weighted by molar-refractivity contribution is -0.129. The smallest absolute Gasteiger partial charge is 0.267 e. The van der Waals surface area contributed by atoms with Crippen molar-refractivity contribution in [2.24, 2.45) is 0 Å². The van der Waals surface area contributed by atoms with Crippen LogP contribution in [0.3, 0.4) is 0 Å². The minimum absolute atomic E-state index is 0.0534. The van der Waals surface area contributed by atoms with Crippen molar-refractivity contribution in [2.45, 2.75) is 30.9 Å². The highest BCUT2D eigenvalue weighted by Gasteiger charge is 2.50. The Kier molecular flexibility index (Phi) is 6.16. The Morgan fingerprint density at radius 1 is 1.00 bits per heavy atom. The normalized spacial score (nSPS) is 19.9. The van der Waals surface area contributed by atoms with Gasteiger partial charge in [0.05, 0.1) is 12.8 Å². The number of benzene rings is 3. The zero-order valence-electron chi connectivity index (χ0n) is 18.7. The Labute approximate surface area is 194 Å². The minimum atomic E-state index is -0.605. The summed E-state index contributed by atoms with van der Waals surface area (Å²) >= 11 is 1.56. The molecule has 1 N–H and O–H groups in total. The summed E-state index contributed by atoms with van der Waals surface area (Å²) in [4.78, 5) is 12.9. The van der Waals surface area contributed by atoms with Gasteiger partial charge in [0.2, 0.25) is 0 Å². The number of nitrogens with zero attached hydrogens (tertiary/aromatic N) is 1. The van der Waals surface area contributed by atoms with Crippen molar-refractivity contribution in [1.29, 1.82) is 0 Å². The van der Waals surface area contributed by atoms with E-state index in [0.29, 0.717) is 0 Å². The number of nitrogens with one attached hydrogen (secondary N) is 1. The molecule has 1 amide bonds. The van der Waals surface area contributed by atoms with Crippen LogP contribution in [-0.2, 0) is 9.67 Å². The molecule has 2 atom stereocenters. The summed E-state index contributed by atoms with van der Waals surface area (Å²) in [6.07, 6.45) is 0. The molecule has 2 unspecified atom stereocenters. The van der Waals surface area contributed by atoms with Gasteiger partial charge in [-0.1, -0.05) is 59.9 Å². The summed E-state index contributed by atoms with van der Waals surface area (Å²) in [7, 11) is 1.64. The first-order chi connectivity index (χ1) is 15.4. The van der Waals surface area contributed by atoms with Gasteiger partial charge < -0.3 is 4.74 Å². The molecular formula is C27H26N2O2S. The highest BCUT2D eigenvalue weighted by atomic mass is 32.2. The molecule has 0 saturated carbocycles. The van der Waals surface area contributed by atoms with Crippen LogP contribution in [0.2, 0.25) is 0 Å².